The average Bonchev–Trinajstić information content (AvgIpc) is 3.32. The topological polar surface area (TPSA) is 105 Å². The molecule has 202 valence electrons. The molecular weight excluding hydrogens is 512 g/mol. The summed E-state index contributed by atoms with van der Waals surface area (Å²) in [4.78, 5) is 23.7. The highest BCUT2D eigenvalue weighted by molar-refractivity contribution is 7.90. The van der Waals surface area contributed by atoms with Gasteiger partial charge in [-0.2, -0.15) is 0 Å². The maximum absolute atomic E-state index is 13.1. The summed E-state index contributed by atoms with van der Waals surface area (Å²) in [5, 5.41) is 2.87. The predicted molar refractivity (Wildman–Crippen MR) is 149 cm³/mol. The molecule has 0 aliphatic carbocycles. The molecule has 0 bridgehead atoms. The molecule has 5 rings (SSSR count). The molecule has 2 aromatic carbocycles. The Morgan fingerprint density at radius 2 is 1.72 bits per heavy atom. The van der Waals surface area contributed by atoms with Crippen molar-refractivity contribution < 1.29 is 17.6 Å². The first-order valence-corrected chi connectivity index (χ1v) is 14.8. The number of likely N-dealkylation sites (tertiary alicyclic amines) is 1. The van der Waals surface area contributed by atoms with Gasteiger partial charge in [-0.25, -0.2) is 13.4 Å². The first-order valence-electron chi connectivity index (χ1n) is 13.2. The fraction of sp³-hybridized carbons (Fsp3) is 0.300. The summed E-state index contributed by atoms with van der Waals surface area (Å²) in [6.45, 7) is 5.12. The highest BCUT2D eigenvalue weighted by Crippen LogP contribution is 2.25. The molecule has 2 aromatic heterocycles. The Hall–Kier alpha value is -3.82. The van der Waals surface area contributed by atoms with Crippen molar-refractivity contribution in [1.82, 2.24) is 20.2 Å². The van der Waals surface area contributed by atoms with Crippen LogP contribution >= 0.6 is 0 Å². The van der Waals surface area contributed by atoms with Crippen molar-refractivity contribution in [2.45, 2.75) is 49.9 Å². The standard InChI is InChI=1S/C30H32N4O4S/c1-22-28(21-39(36,37)27-13-7-23(8-14-27)20-34-16-3-2-4-17-34)33-30(38-22)26-11-9-25(10-12-26)29(35)32-19-24-6-5-15-31-18-24/h5-15,18H,2-4,16-17,19-21H2,1H3,(H,32,35). The number of aryl methyl sites for hydroxylation is 1. The number of aromatic nitrogens is 2. The average molecular weight is 545 g/mol. The van der Waals surface area contributed by atoms with Crippen molar-refractivity contribution in [3.8, 4) is 11.5 Å². The van der Waals surface area contributed by atoms with E-state index in [-0.39, 0.29) is 16.6 Å². The van der Waals surface area contributed by atoms with E-state index >= 15 is 0 Å². The van der Waals surface area contributed by atoms with Gasteiger partial charge in [0.1, 0.15) is 11.5 Å². The van der Waals surface area contributed by atoms with E-state index in [1.54, 1.807) is 55.7 Å². The molecule has 1 saturated heterocycles. The van der Waals surface area contributed by atoms with E-state index in [0.29, 0.717) is 35.0 Å². The van der Waals surface area contributed by atoms with Crippen molar-refractivity contribution in [2.75, 3.05) is 13.1 Å². The van der Waals surface area contributed by atoms with Gasteiger partial charge in [0, 0.05) is 36.6 Å². The number of benzene rings is 2. The quantitative estimate of drug-likeness (QED) is 0.318. The second kappa shape index (κ2) is 11.9. The largest absolute Gasteiger partial charge is 0.441 e. The van der Waals surface area contributed by atoms with Crippen molar-refractivity contribution in [1.29, 1.82) is 0 Å². The summed E-state index contributed by atoms with van der Waals surface area (Å²) >= 11 is 0. The van der Waals surface area contributed by atoms with Crippen LogP contribution in [0.2, 0.25) is 0 Å². The third-order valence-electron chi connectivity index (χ3n) is 6.93. The van der Waals surface area contributed by atoms with E-state index in [2.05, 4.69) is 20.2 Å². The van der Waals surface area contributed by atoms with Gasteiger partial charge in [0.05, 0.1) is 10.6 Å². The molecule has 3 heterocycles. The molecule has 1 aliphatic heterocycles. The number of oxazole rings is 1. The minimum Gasteiger partial charge on any atom is -0.441 e. The van der Waals surface area contributed by atoms with Crippen molar-refractivity contribution >= 4 is 15.7 Å². The Morgan fingerprint density at radius 3 is 2.41 bits per heavy atom. The molecule has 0 atom stereocenters. The third kappa shape index (κ3) is 6.79. The van der Waals surface area contributed by atoms with Crippen LogP contribution in [0, 0.1) is 6.92 Å². The highest BCUT2D eigenvalue weighted by atomic mass is 32.2. The van der Waals surface area contributed by atoms with Crippen LogP contribution in [-0.2, 0) is 28.7 Å². The smallest absolute Gasteiger partial charge is 0.251 e. The number of nitrogens with zero attached hydrogens (tertiary/aromatic N) is 3. The van der Waals surface area contributed by atoms with Gasteiger partial charge in [-0.3, -0.25) is 14.7 Å². The predicted octanol–water partition coefficient (Wildman–Crippen LogP) is 4.93. The molecule has 0 radical (unpaired) electrons. The molecule has 1 fully saturated rings. The van der Waals surface area contributed by atoms with Crippen molar-refractivity contribution in [2.24, 2.45) is 0 Å². The Balaban J connectivity index is 1.22. The van der Waals surface area contributed by atoms with E-state index in [1.165, 1.54) is 19.3 Å². The molecule has 4 aromatic rings. The zero-order chi connectivity index (χ0) is 27.2. The number of hydrogen-bond donors (Lipinski definition) is 1. The minimum absolute atomic E-state index is 0.206. The van der Waals surface area contributed by atoms with Crippen molar-refractivity contribution in [3.05, 3.63) is 101 Å². The van der Waals surface area contributed by atoms with Crippen LogP contribution in [0.1, 0.15) is 52.2 Å². The van der Waals surface area contributed by atoms with E-state index in [0.717, 1.165) is 30.8 Å². The lowest BCUT2D eigenvalue weighted by atomic mass is 10.1. The summed E-state index contributed by atoms with van der Waals surface area (Å²) in [6.07, 6.45) is 7.11. The molecule has 1 amide bonds. The second-order valence-corrected chi connectivity index (χ2v) is 11.9. The lowest BCUT2D eigenvalue weighted by Crippen LogP contribution is -2.29. The van der Waals surface area contributed by atoms with Crippen LogP contribution in [0.4, 0.5) is 0 Å². The lowest BCUT2D eigenvalue weighted by molar-refractivity contribution is 0.0951. The number of nitrogens with one attached hydrogen (secondary N) is 1. The van der Waals surface area contributed by atoms with Gasteiger partial charge < -0.3 is 9.73 Å². The molecule has 1 N–H and O–H groups in total. The number of amides is 1. The molecule has 9 heteroatoms. The maximum atomic E-state index is 13.1. The summed E-state index contributed by atoms with van der Waals surface area (Å²) < 4.78 is 32.1. The lowest BCUT2D eigenvalue weighted by Gasteiger charge is -2.26. The fourth-order valence-corrected chi connectivity index (χ4v) is 6.02. The van der Waals surface area contributed by atoms with E-state index in [9.17, 15) is 13.2 Å². The van der Waals surface area contributed by atoms with Crippen LogP contribution in [-0.4, -0.2) is 42.3 Å². The minimum atomic E-state index is -3.60. The molecule has 0 saturated carbocycles. The van der Waals surface area contributed by atoms with Crippen LogP contribution < -0.4 is 5.32 Å². The first kappa shape index (κ1) is 26.8. The Morgan fingerprint density at radius 1 is 0.974 bits per heavy atom. The van der Waals surface area contributed by atoms with Gasteiger partial charge in [-0.05, 0) is 86.4 Å². The second-order valence-electron chi connectivity index (χ2n) is 9.88. The van der Waals surface area contributed by atoms with E-state index in [1.807, 2.05) is 24.3 Å². The molecule has 0 spiro atoms. The number of carbonyl (C=O) groups is 1. The van der Waals surface area contributed by atoms with Gasteiger partial charge in [0.2, 0.25) is 5.89 Å². The maximum Gasteiger partial charge on any atom is 0.251 e. The number of carbonyl (C=O) groups excluding carboxylic acids is 1. The van der Waals surface area contributed by atoms with E-state index < -0.39 is 9.84 Å². The number of sulfone groups is 1. The Labute approximate surface area is 229 Å². The number of hydrogen-bond acceptors (Lipinski definition) is 7. The van der Waals surface area contributed by atoms with Crippen LogP contribution in [0.15, 0.2) is 82.4 Å². The summed E-state index contributed by atoms with van der Waals surface area (Å²) in [5.41, 5.74) is 3.56. The van der Waals surface area contributed by atoms with Crippen LogP contribution in [0.25, 0.3) is 11.5 Å². The number of rotatable bonds is 9. The summed E-state index contributed by atoms with van der Waals surface area (Å²) in [5.74, 6) is 0.316. The zero-order valence-electron chi connectivity index (χ0n) is 22.0. The zero-order valence-corrected chi connectivity index (χ0v) is 22.8. The normalized spacial score (nSPS) is 14.3. The van der Waals surface area contributed by atoms with Gasteiger partial charge in [0.25, 0.3) is 5.91 Å². The van der Waals surface area contributed by atoms with Gasteiger partial charge in [-0.15, -0.1) is 0 Å². The molecule has 8 nitrogen and oxygen atoms in total. The number of pyridine rings is 1. The Kier molecular flexibility index (Phi) is 8.18. The summed E-state index contributed by atoms with van der Waals surface area (Å²) in [7, 11) is -3.60. The van der Waals surface area contributed by atoms with Crippen LogP contribution in [0.5, 0.6) is 0 Å². The monoisotopic (exact) mass is 544 g/mol. The number of piperidine rings is 1. The molecule has 1 aliphatic rings. The fourth-order valence-electron chi connectivity index (χ4n) is 4.68. The first-order chi connectivity index (χ1) is 18.9. The molecule has 0 unspecified atom stereocenters. The molecular formula is C30H32N4O4S. The third-order valence-corrected chi connectivity index (χ3v) is 8.57. The van der Waals surface area contributed by atoms with Gasteiger partial charge in [-0.1, -0.05) is 24.6 Å². The van der Waals surface area contributed by atoms with Gasteiger partial charge >= 0.3 is 0 Å². The Bertz CT molecular complexity index is 1510. The van der Waals surface area contributed by atoms with Gasteiger partial charge in [0.15, 0.2) is 9.84 Å². The van der Waals surface area contributed by atoms with Crippen molar-refractivity contribution in [3.63, 3.8) is 0 Å². The highest BCUT2D eigenvalue weighted by Gasteiger charge is 2.21. The SMILES string of the molecule is Cc1oc(-c2ccc(C(=O)NCc3cccnc3)cc2)nc1CS(=O)(=O)c1ccc(CN2CCCCC2)cc1. The van der Waals surface area contributed by atoms with E-state index in [4.69, 9.17) is 4.42 Å². The molecule has 39 heavy (non-hydrogen) atoms. The summed E-state index contributed by atoms with van der Waals surface area (Å²) in [6, 6.07) is 17.7. The van der Waals surface area contributed by atoms with Crippen LogP contribution in [0.3, 0.4) is 0 Å².